The zero-order valence-electron chi connectivity index (χ0n) is 20.8. The molecule has 1 atom stereocenters. The van der Waals surface area contributed by atoms with E-state index in [-0.39, 0.29) is 11.8 Å². The second kappa shape index (κ2) is 10.6. The number of nitriles is 1. The molecule has 9 heteroatoms. The van der Waals surface area contributed by atoms with Crippen molar-refractivity contribution in [1.29, 1.82) is 10.7 Å². The maximum atomic E-state index is 12.2. The van der Waals surface area contributed by atoms with Gasteiger partial charge in [-0.15, -0.1) is 0 Å². The molecule has 5 rings (SSSR count). The Morgan fingerprint density at radius 3 is 2.81 bits per heavy atom. The standard InChI is InChI=1S/C27H33N7O2/c1-18(35)33-8-4-25(32-22-5-9-36-10-6-22)24(16-33)27(29)34-7-2-3-19-11-23(20(13-28)12-26(19)34)21-14-30-17-31-15-21/h11-12,14,17,21-22,29,32H,2-10,15-16H2,1H3. The molecule has 0 saturated carbocycles. The molecule has 4 aliphatic rings. The van der Waals surface area contributed by atoms with Crippen LogP contribution >= 0.6 is 0 Å². The number of aliphatic imine (C=N–C) groups is 2. The highest BCUT2D eigenvalue weighted by molar-refractivity contribution is 6.09. The summed E-state index contributed by atoms with van der Waals surface area (Å²) in [5, 5.41) is 23.0. The van der Waals surface area contributed by atoms with Gasteiger partial charge in [0.1, 0.15) is 12.2 Å². The summed E-state index contributed by atoms with van der Waals surface area (Å²) in [6.07, 6.45) is 7.82. The Labute approximate surface area is 212 Å². The molecule has 4 heterocycles. The number of fused-ring (bicyclic) bond motifs is 1. The van der Waals surface area contributed by atoms with Gasteiger partial charge >= 0.3 is 0 Å². The number of nitrogens with one attached hydrogen (secondary N) is 2. The third-order valence-corrected chi connectivity index (χ3v) is 7.55. The van der Waals surface area contributed by atoms with Crippen molar-refractivity contribution in [3.63, 3.8) is 0 Å². The Hall–Kier alpha value is -3.51. The predicted molar refractivity (Wildman–Crippen MR) is 140 cm³/mol. The van der Waals surface area contributed by atoms with Gasteiger partial charge in [-0.05, 0) is 42.9 Å². The highest BCUT2D eigenvalue weighted by Gasteiger charge is 2.31. The van der Waals surface area contributed by atoms with E-state index in [0.29, 0.717) is 50.0 Å². The summed E-state index contributed by atoms with van der Waals surface area (Å²) < 4.78 is 5.52. The first-order valence-electron chi connectivity index (χ1n) is 12.8. The van der Waals surface area contributed by atoms with Gasteiger partial charge in [-0.25, -0.2) is 4.99 Å². The number of carbonyl (C=O) groups excluding carboxylic acids is 1. The number of hydrogen-bond donors (Lipinski definition) is 2. The normalized spacial score (nSPS) is 22.3. The average molecular weight is 488 g/mol. The van der Waals surface area contributed by atoms with Crippen LogP contribution in [0.1, 0.15) is 55.2 Å². The van der Waals surface area contributed by atoms with E-state index >= 15 is 0 Å². The topological polar surface area (TPSA) is 117 Å². The molecule has 36 heavy (non-hydrogen) atoms. The summed E-state index contributed by atoms with van der Waals surface area (Å²) in [6, 6.07) is 6.74. The predicted octanol–water partition coefficient (Wildman–Crippen LogP) is 2.76. The van der Waals surface area contributed by atoms with E-state index in [0.717, 1.165) is 67.0 Å². The number of hydrogen-bond acceptors (Lipinski definition) is 7. The van der Waals surface area contributed by atoms with Gasteiger partial charge in [0.25, 0.3) is 0 Å². The summed E-state index contributed by atoms with van der Waals surface area (Å²) in [5.74, 6) is 0.430. The van der Waals surface area contributed by atoms with Gasteiger partial charge in [0.05, 0.1) is 24.7 Å². The number of benzene rings is 1. The van der Waals surface area contributed by atoms with E-state index in [1.807, 2.05) is 22.1 Å². The first kappa shape index (κ1) is 24.2. The fourth-order valence-corrected chi connectivity index (χ4v) is 5.52. The number of anilines is 1. The lowest BCUT2D eigenvalue weighted by Crippen LogP contribution is -2.46. The van der Waals surface area contributed by atoms with Crippen LogP contribution in [0.25, 0.3) is 0 Å². The molecule has 9 nitrogen and oxygen atoms in total. The minimum absolute atomic E-state index is 0.00905. The molecule has 1 aromatic carbocycles. The monoisotopic (exact) mass is 487 g/mol. The molecule has 0 spiro atoms. The maximum absolute atomic E-state index is 12.2. The minimum atomic E-state index is -0.00905. The second-order valence-corrected chi connectivity index (χ2v) is 9.85. The lowest BCUT2D eigenvalue weighted by molar-refractivity contribution is -0.128. The summed E-state index contributed by atoms with van der Waals surface area (Å²) in [6.45, 7) is 5.45. The molecule has 1 fully saturated rings. The van der Waals surface area contributed by atoms with Gasteiger partial charge in [0, 0.05) is 74.8 Å². The van der Waals surface area contributed by atoms with Gasteiger partial charge in [-0.2, -0.15) is 5.26 Å². The smallest absolute Gasteiger partial charge is 0.219 e. The van der Waals surface area contributed by atoms with Crippen molar-refractivity contribution in [2.24, 2.45) is 9.98 Å². The first-order chi connectivity index (χ1) is 17.5. The van der Waals surface area contributed by atoms with Gasteiger partial charge < -0.3 is 19.9 Å². The van der Waals surface area contributed by atoms with Gasteiger partial charge in [0.2, 0.25) is 5.91 Å². The van der Waals surface area contributed by atoms with Crippen LogP contribution in [0.2, 0.25) is 0 Å². The van der Waals surface area contributed by atoms with Gasteiger partial charge in [-0.3, -0.25) is 15.2 Å². The Morgan fingerprint density at radius 2 is 2.08 bits per heavy atom. The molecule has 2 N–H and O–H groups in total. The van der Waals surface area contributed by atoms with Crippen molar-refractivity contribution < 1.29 is 9.53 Å². The van der Waals surface area contributed by atoms with E-state index in [2.05, 4.69) is 27.4 Å². The van der Waals surface area contributed by atoms with Gasteiger partial charge in [0.15, 0.2) is 0 Å². The van der Waals surface area contributed by atoms with Crippen LogP contribution in [0.5, 0.6) is 0 Å². The molecule has 0 aliphatic carbocycles. The average Bonchev–Trinajstić information content (AvgIpc) is 2.92. The highest BCUT2D eigenvalue weighted by atomic mass is 16.5. The van der Waals surface area contributed by atoms with Crippen LogP contribution in [0, 0.1) is 16.7 Å². The number of aryl methyl sites for hydroxylation is 1. The second-order valence-electron chi connectivity index (χ2n) is 9.85. The van der Waals surface area contributed by atoms with Gasteiger partial charge in [-0.1, -0.05) is 6.07 Å². The van der Waals surface area contributed by atoms with Crippen LogP contribution in [0.15, 0.2) is 33.4 Å². The fourth-order valence-electron chi connectivity index (χ4n) is 5.52. The Balaban J connectivity index is 1.48. The molecule has 1 unspecified atom stereocenters. The minimum Gasteiger partial charge on any atom is -0.385 e. The SMILES string of the molecule is CC(=O)N1CCC(NC2CCOCC2)=C(C(=N)N2CCCc3cc(C4C=NC=NC4)c(C#N)cc32)C1. The zero-order valence-corrected chi connectivity index (χ0v) is 20.8. The molecule has 188 valence electrons. The molecule has 0 bridgehead atoms. The van der Waals surface area contributed by atoms with E-state index < -0.39 is 0 Å². The molecule has 1 saturated heterocycles. The molecule has 0 aromatic heterocycles. The number of amidine groups is 1. The third kappa shape index (κ3) is 4.91. The molecule has 1 aromatic rings. The van der Waals surface area contributed by atoms with Crippen molar-refractivity contribution in [1.82, 2.24) is 10.2 Å². The lowest BCUT2D eigenvalue weighted by Gasteiger charge is -2.38. The molecule has 1 amide bonds. The third-order valence-electron chi connectivity index (χ3n) is 7.55. The van der Waals surface area contributed by atoms with Crippen molar-refractivity contribution in [2.75, 3.05) is 44.3 Å². The fraction of sp³-hybridized carbons (Fsp3) is 0.519. The highest BCUT2D eigenvalue weighted by Crippen LogP contribution is 2.35. The van der Waals surface area contributed by atoms with Crippen molar-refractivity contribution in [3.8, 4) is 6.07 Å². The van der Waals surface area contributed by atoms with Crippen LogP contribution in [-0.2, 0) is 16.0 Å². The van der Waals surface area contributed by atoms with Crippen LogP contribution in [0.4, 0.5) is 5.69 Å². The molecule has 0 radical (unpaired) electrons. The van der Waals surface area contributed by atoms with E-state index in [9.17, 15) is 15.5 Å². The Kier molecular flexibility index (Phi) is 7.14. The summed E-state index contributed by atoms with van der Waals surface area (Å²) in [5.41, 5.74) is 5.54. The number of carbonyl (C=O) groups is 1. The van der Waals surface area contributed by atoms with Crippen molar-refractivity contribution >= 4 is 30.0 Å². The Morgan fingerprint density at radius 1 is 1.25 bits per heavy atom. The van der Waals surface area contributed by atoms with E-state index in [1.54, 1.807) is 13.3 Å². The van der Waals surface area contributed by atoms with Crippen molar-refractivity contribution in [2.45, 2.75) is 51.0 Å². The van der Waals surface area contributed by atoms with E-state index in [4.69, 9.17) is 4.74 Å². The summed E-state index contributed by atoms with van der Waals surface area (Å²) in [4.78, 5) is 24.5. The largest absolute Gasteiger partial charge is 0.385 e. The van der Waals surface area contributed by atoms with Crippen LogP contribution in [0.3, 0.4) is 0 Å². The first-order valence-corrected chi connectivity index (χ1v) is 12.8. The van der Waals surface area contributed by atoms with Crippen LogP contribution < -0.4 is 10.2 Å². The zero-order chi connectivity index (χ0) is 25.1. The molecular weight excluding hydrogens is 454 g/mol. The summed E-state index contributed by atoms with van der Waals surface area (Å²) in [7, 11) is 0. The Bertz CT molecular complexity index is 1170. The summed E-state index contributed by atoms with van der Waals surface area (Å²) >= 11 is 0. The number of ether oxygens (including phenoxy) is 1. The number of amides is 1. The van der Waals surface area contributed by atoms with Crippen molar-refractivity contribution in [3.05, 3.63) is 40.1 Å². The molecular formula is C27H33N7O2. The number of rotatable bonds is 4. The quantitative estimate of drug-likeness (QED) is 0.500. The maximum Gasteiger partial charge on any atom is 0.219 e. The lowest BCUT2D eigenvalue weighted by atomic mass is 9.89. The molecule has 4 aliphatic heterocycles. The van der Waals surface area contributed by atoms with Crippen LogP contribution in [-0.4, -0.2) is 74.6 Å². The van der Waals surface area contributed by atoms with E-state index in [1.165, 1.54) is 0 Å². The number of nitrogens with zero attached hydrogens (tertiary/aromatic N) is 5.